The topological polar surface area (TPSA) is 43.4 Å². The third-order valence-corrected chi connectivity index (χ3v) is 9.33. The van der Waals surface area contributed by atoms with Crippen molar-refractivity contribution in [3.8, 4) is 0 Å². The molecule has 2 fully saturated rings. The first-order valence-electron chi connectivity index (χ1n) is 10.9. The second-order valence-corrected chi connectivity index (χ2v) is 13.5. The van der Waals surface area contributed by atoms with Gasteiger partial charge in [-0.2, -0.15) is 0 Å². The number of carbonyl (C=O) groups is 2. The van der Waals surface area contributed by atoms with Crippen LogP contribution >= 0.6 is 0 Å². The molecule has 1 aromatic rings. The summed E-state index contributed by atoms with van der Waals surface area (Å²) in [5.41, 5.74) is 3.09. The molecule has 0 bridgehead atoms. The molecule has 1 saturated carbocycles. The zero-order chi connectivity index (χ0) is 20.5. The number of benzene rings is 1. The predicted octanol–water partition coefficient (Wildman–Crippen LogP) is 6.65. The minimum atomic E-state index is -1.52. The van der Waals surface area contributed by atoms with Crippen LogP contribution in [0.2, 0.25) is 10.6 Å². The van der Waals surface area contributed by atoms with Gasteiger partial charge in [-0.25, -0.2) is 0 Å². The summed E-state index contributed by atoms with van der Waals surface area (Å²) in [6.45, 7) is 10.2. The van der Waals surface area contributed by atoms with Crippen molar-refractivity contribution in [2.75, 3.05) is 0 Å². The Labute approximate surface area is 174 Å². The van der Waals surface area contributed by atoms with Gasteiger partial charge in [-0.05, 0) is 57.4 Å². The SMILES string of the molecule is Cc1ccc(C(=O)CC2(C)C[CH2][Al]([C](=O)OC(C)(C)C)[CH2]C2)c(C2CCC2)c1. The molecule has 0 spiro atoms. The highest BCUT2D eigenvalue weighted by atomic mass is 27.2. The van der Waals surface area contributed by atoms with E-state index in [0.29, 0.717) is 18.1 Å². The second kappa shape index (κ2) is 8.33. The standard InChI is InChI=1S/C19H26O.C5H9O2.Al/c1-5-19(4,6-2)13-18(20)16-11-10-14(3)12-17(16)15-8-7-9-15;1-5(2,3)7-4-6;/h10-12,15H,1-2,5-9,13H2,3-4H3;1-3H3;. The van der Waals surface area contributed by atoms with Crippen LogP contribution in [0.5, 0.6) is 0 Å². The van der Waals surface area contributed by atoms with Gasteiger partial charge in [-0.15, -0.1) is 0 Å². The normalized spacial score (nSPS) is 19.8. The average Bonchev–Trinajstić information content (AvgIpc) is 2.51. The fraction of sp³-hybridized carbons (Fsp3) is 0.667. The number of ketones is 1. The number of hydrogen-bond acceptors (Lipinski definition) is 3. The lowest BCUT2D eigenvalue weighted by atomic mass is 9.74. The molecule has 1 saturated heterocycles. The minimum Gasteiger partial charge on any atom is -0.475 e. The largest absolute Gasteiger partial charge is 0.475 e. The summed E-state index contributed by atoms with van der Waals surface area (Å²) in [5.74, 6) is 0.865. The average molecular weight is 399 g/mol. The first-order valence-corrected chi connectivity index (χ1v) is 13.1. The molecule has 3 rings (SSSR count). The molecule has 0 amide bonds. The second-order valence-electron chi connectivity index (χ2n) is 10.4. The lowest BCUT2D eigenvalue weighted by Gasteiger charge is -2.36. The van der Waals surface area contributed by atoms with Crippen LogP contribution in [0.3, 0.4) is 0 Å². The van der Waals surface area contributed by atoms with Crippen LogP contribution in [-0.2, 0) is 4.74 Å². The Hall–Kier alpha value is -1.11. The van der Waals surface area contributed by atoms with Gasteiger partial charge in [0.2, 0.25) is 0 Å². The van der Waals surface area contributed by atoms with Crippen LogP contribution in [0.4, 0.5) is 4.79 Å². The van der Waals surface area contributed by atoms with E-state index in [2.05, 4.69) is 32.0 Å². The van der Waals surface area contributed by atoms with Crippen LogP contribution in [0.15, 0.2) is 18.2 Å². The summed E-state index contributed by atoms with van der Waals surface area (Å²) < 4.78 is 5.62. The van der Waals surface area contributed by atoms with Crippen LogP contribution in [0.1, 0.15) is 93.6 Å². The number of ether oxygens (including phenoxy) is 1. The van der Waals surface area contributed by atoms with Crippen molar-refractivity contribution in [2.24, 2.45) is 5.41 Å². The van der Waals surface area contributed by atoms with Gasteiger partial charge in [-0.1, -0.05) is 60.5 Å². The fourth-order valence-electron chi connectivity index (χ4n) is 4.59. The highest BCUT2D eigenvalue weighted by molar-refractivity contribution is 6.88. The number of carbonyl (C=O) groups excluding carboxylic acids is 2. The molecule has 0 unspecified atom stereocenters. The molecule has 3 nitrogen and oxygen atoms in total. The summed E-state index contributed by atoms with van der Waals surface area (Å²) in [5, 5.41) is 1.92. The van der Waals surface area contributed by atoms with Crippen molar-refractivity contribution in [2.45, 2.75) is 95.2 Å². The fourth-order valence-corrected chi connectivity index (χ4v) is 7.96. The smallest absolute Gasteiger partial charge is 0.434 e. The summed E-state index contributed by atoms with van der Waals surface area (Å²) in [4.78, 5) is 25.7. The number of Topliss-reactive ketones (excluding diaryl/α,β-unsaturated/α-hetero) is 1. The Balaban J connectivity index is 1.63. The van der Waals surface area contributed by atoms with Crippen LogP contribution in [0.25, 0.3) is 0 Å². The molecule has 4 heteroatoms. The van der Waals surface area contributed by atoms with Gasteiger partial charge in [0, 0.05) is 12.0 Å². The molecule has 152 valence electrons. The molecule has 1 aliphatic carbocycles. The summed E-state index contributed by atoms with van der Waals surface area (Å²) in [6.07, 6.45) is 6.25. The summed E-state index contributed by atoms with van der Waals surface area (Å²) in [7, 11) is 0. The molecule has 0 aromatic heterocycles. The van der Waals surface area contributed by atoms with Gasteiger partial charge >= 0.3 is 14.1 Å². The first kappa shape index (κ1) is 21.6. The van der Waals surface area contributed by atoms with Gasteiger partial charge < -0.3 is 4.74 Å². The van der Waals surface area contributed by atoms with E-state index in [1.165, 1.54) is 30.4 Å². The highest BCUT2D eigenvalue weighted by Crippen LogP contribution is 2.43. The molecule has 2 aliphatic rings. The third-order valence-electron chi connectivity index (χ3n) is 6.57. The van der Waals surface area contributed by atoms with Gasteiger partial charge in [0.25, 0.3) is 0 Å². The van der Waals surface area contributed by atoms with Crippen molar-refractivity contribution in [1.29, 1.82) is 0 Å². The van der Waals surface area contributed by atoms with Gasteiger partial charge in [0.05, 0.1) is 0 Å². The van der Waals surface area contributed by atoms with E-state index in [0.717, 1.165) is 29.0 Å². The van der Waals surface area contributed by atoms with Gasteiger partial charge in [0.1, 0.15) is 5.60 Å². The van der Waals surface area contributed by atoms with Crippen molar-refractivity contribution < 1.29 is 14.3 Å². The van der Waals surface area contributed by atoms with Crippen LogP contribution in [0, 0.1) is 12.3 Å². The number of rotatable bonds is 5. The van der Waals surface area contributed by atoms with E-state index < -0.39 is 19.7 Å². The Morgan fingerprint density at radius 3 is 2.36 bits per heavy atom. The maximum atomic E-state index is 13.2. The van der Waals surface area contributed by atoms with Gasteiger partial charge in [0.15, 0.2) is 10.6 Å². The van der Waals surface area contributed by atoms with E-state index in [1.807, 2.05) is 20.8 Å². The third kappa shape index (κ3) is 5.28. The van der Waals surface area contributed by atoms with Crippen molar-refractivity contribution in [3.63, 3.8) is 0 Å². The Bertz CT molecular complexity index is 735. The maximum absolute atomic E-state index is 13.2. The molecular formula is C24H35AlO3. The molecule has 0 radical (unpaired) electrons. The molecule has 1 aliphatic heterocycles. The number of aryl methyl sites for hydroxylation is 1. The van der Waals surface area contributed by atoms with E-state index >= 15 is 0 Å². The van der Waals surface area contributed by atoms with Crippen molar-refractivity contribution >= 4 is 24.8 Å². The van der Waals surface area contributed by atoms with E-state index in [-0.39, 0.29) is 10.2 Å². The quantitative estimate of drug-likeness (QED) is 0.412. The molecular weight excluding hydrogens is 363 g/mol. The highest BCUT2D eigenvalue weighted by Gasteiger charge is 2.41. The van der Waals surface area contributed by atoms with Gasteiger partial charge in [-0.3, -0.25) is 9.59 Å². The zero-order valence-corrected chi connectivity index (χ0v) is 19.4. The van der Waals surface area contributed by atoms with E-state index in [4.69, 9.17) is 4.74 Å². The zero-order valence-electron chi connectivity index (χ0n) is 18.3. The molecule has 1 heterocycles. The lowest BCUT2D eigenvalue weighted by Crippen LogP contribution is -2.39. The monoisotopic (exact) mass is 398 g/mol. The predicted molar refractivity (Wildman–Crippen MR) is 116 cm³/mol. The maximum Gasteiger partial charge on any atom is 0.434 e. The van der Waals surface area contributed by atoms with Crippen molar-refractivity contribution in [1.82, 2.24) is 0 Å². The molecule has 0 atom stereocenters. The summed E-state index contributed by atoms with van der Waals surface area (Å²) >= 11 is -1.52. The number of hydrogen-bond donors (Lipinski definition) is 0. The molecule has 1 aromatic carbocycles. The lowest BCUT2D eigenvalue weighted by molar-refractivity contribution is 0.0704. The minimum absolute atomic E-state index is 0.0182. The Morgan fingerprint density at radius 2 is 1.82 bits per heavy atom. The van der Waals surface area contributed by atoms with Crippen LogP contribution < -0.4 is 0 Å². The Morgan fingerprint density at radius 1 is 1.18 bits per heavy atom. The van der Waals surface area contributed by atoms with E-state index in [9.17, 15) is 9.59 Å². The molecule has 0 N–H and O–H groups in total. The van der Waals surface area contributed by atoms with Crippen molar-refractivity contribution in [3.05, 3.63) is 34.9 Å². The van der Waals surface area contributed by atoms with E-state index in [1.54, 1.807) is 0 Å². The van der Waals surface area contributed by atoms with Crippen LogP contribution in [-0.4, -0.2) is 30.4 Å². The molecule has 28 heavy (non-hydrogen) atoms. The first-order chi connectivity index (χ1) is 13.1. The Kier molecular flexibility index (Phi) is 6.42. The summed E-state index contributed by atoms with van der Waals surface area (Å²) in [6, 6.07) is 6.35.